The summed E-state index contributed by atoms with van der Waals surface area (Å²) < 4.78 is 0. The number of rotatable bonds is 9. The van der Waals surface area contributed by atoms with Crippen LogP contribution < -0.4 is 9.80 Å². The average Bonchev–Trinajstić information content (AvgIpc) is 3.21. The van der Waals surface area contributed by atoms with Gasteiger partial charge in [-0.3, -0.25) is 0 Å². The fourth-order valence-electron chi connectivity index (χ4n) is 9.59. The van der Waals surface area contributed by atoms with Crippen molar-refractivity contribution in [2.24, 2.45) is 0 Å². The highest BCUT2D eigenvalue weighted by Gasteiger charge is 2.34. The standard InChI is InChI=1S/C56H58N2/c1-34(2)39-15-23-44(24-16-39)57(42-19-11-37(7)12-20-42)51-31-41-29-30-56(9,10)50-32-49-52(33-48(36(5)6)46-27-28-47(51)55(53(41)50)54(46)49)58(43-21-13-38(8)14-22-43)45-25-17-40(18-26-45)35(3)4/h11-28,31-36H,29-30H2,1-10H3. The number of hydrogen-bond acceptors (Lipinski definition) is 2. The molecule has 0 saturated carbocycles. The molecule has 0 spiro atoms. The number of aryl methyl sites for hydroxylation is 3. The molecular formula is C56H58N2. The molecule has 0 radical (unpaired) electrons. The Labute approximate surface area is 346 Å². The van der Waals surface area contributed by atoms with Crippen LogP contribution in [0.5, 0.6) is 0 Å². The summed E-state index contributed by atoms with van der Waals surface area (Å²) in [7, 11) is 0. The molecule has 1 aliphatic rings. The first-order valence-corrected chi connectivity index (χ1v) is 21.6. The van der Waals surface area contributed by atoms with Crippen LogP contribution in [0.2, 0.25) is 0 Å². The van der Waals surface area contributed by atoms with E-state index in [0.29, 0.717) is 17.8 Å². The first-order valence-electron chi connectivity index (χ1n) is 21.6. The van der Waals surface area contributed by atoms with Gasteiger partial charge < -0.3 is 9.80 Å². The highest BCUT2D eigenvalue weighted by molar-refractivity contribution is 6.30. The number of nitrogens with zero attached hydrogens (tertiary/aromatic N) is 2. The minimum Gasteiger partial charge on any atom is -0.310 e. The summed E-state index contributed by atoms with van der Waals surface area (Å²) in [5, 5.41) is 8.24. The Balaban J connectivity index is 1.42. The highest BCUT2D eigenvalue weighted by atomic mass is 15.1. The van der Waals surface area contributed by atoms with Gasteiger partial charge in [-0.25, -0.2) is 0 Å². The van der Waals surface area contributed by atoms with Crippen LogP contribution in [-0.4, -0.2) is 0 Å². The molecule has 0 aliphatic heterocycles. The molecule has 9 rings (SSSR count). The van der Waals surface area contributed by atoms with Crippen LogP contribution in [-0.2, 0) is 11.8 Å². The predicted molar refractivity (Wildman–Crippen MR) is 253 cm³/mol. The van der Waals surface area contributed by atoms with E-state index in [1.54, 1.807) is 0 Å². The summed E-state index contributed by atoms with van der Waals surface area (Å²) >= 11 is 0. The van der Waals surface area contributed by atoms with Gasteiger partial charge in [-0.15, -0.1) is 0 Å². The minimum absolute atomic E-state index is 0.0201. The maximum absolute atomic E-state index is 2.60. The highest BCUT2D eigenvalue weighted by Crippen LogP contribution is 2.54. The van der Waals surface area contributed by atoms with Gasteiger partial charge in [0.25, 0.3) is 0 Å². The van der Waals surface area contributed by atoms with Gasteiger partial charge in [0.2, 0.25) is 0 Å². The Bertz CT molecular complexity index is 2770. The number of benzene rings is 8. The molecule has 0 bridgehead atoms. The maximum Gasteiger partial charge on any atom is 0.0543 e. The lowest BCUT2D eigenvalue weighted by Crippen LogP contribution is -2.24. The summed E-state index contributed by atoms with van der Waals surface area (Å²) in [4.78, 5) is 5.05. The molecule has 0 unspecified atom stereocenters. The minimum atomic E-state index is 0.0201. The van der Waals surface area contributed by atoms with Gasteiger partial charge in [-0.1, -0.05) is 127 Å². The van der Waals surface area contributed by atoms with E-state index < -0.39 is 0 Å². The van der Waals surface area contributed by atoms with E-state index in [4.69, 9.17) is 0 Å². The van der Waals surface area contributed by atoms with E-state index in [1.165, 1.54) is 105 Å². The van der Waals surface area contributed by atoms with E-state index >= 15 is 0 Å². The fraction of sp³-hybridized carbons (Fsp3) is 0.286. The summed E-state index contributed by atoms with van der Waals surface area (Å²) in [5.74, 6) is 1.27. The third-order valence-corrected chi connectivity index (χ3v) is 13.1. The maximum atomic E-state index is 2.60. The van der Waals surface area contributed by atoms with Gasteiger partial charge >= 0.3 is 0 Å². The fourth-order valence-corrected chi connectivity index (χ4v) is 9.59. The van der Waals surface area contributed by atoms with Crippen molar-refractivity contribution >= 4 is 66.4 Å². The number of anilines is 6. The SMILES string of the molecule is Cc1ccc(N(c2ccc(C(C)C)cc2)c2cc(C(C)C)c3ccc4c(N(c5ccc(C)cc5)c5ccc(C(C)C)cc5)cc5c6c(cc2c3c46)C(C)(C)CC5)cc1. The molecule has 0 atom stereocenters. The van der Waals surface area contributed by atoms with Crippen molar-refractivity contribution in [3.8, 4) is 0 Å². The molecule has 2 nitrogen and oxygen atoms in total. The zero-order chi connectivity index (χ0) is 40.6. The number of hydrogen-bond donors (Lipinski definition) is 0. The van der Waals surface area contributed by atoms with Crippen LogP contribution in [0.1, 0.15) is 119 Å². The van der Waals surface area contributed by atoms with Crippen molar-refractivity contribution in [1.82, 2.24) is 0 Å². The molecule has 0 aromatic heterocycles. The molecule has 2 heteroatoms. The predicted octanol–water partition coefficient (Wildman–Crippen LogP) is 16.7. The van der Waals surface area contributed by atoms with Crippen molar-refractivity contribution in [2.75, 3.05) is 9.80 Å². The monoisotopic (exact) mass is 758 g/mol. The summed E-state index contributed by atoms with van der Waals surface area (Å²) in [6.45, 7) is 23.1. The van der Waals surface area contributed by atoms with E-state index in [2.05, 4.69) is 206 Å². The van der Waals surface area contributed by atoms with Crippen molar-refractivity contribution in [3.63, 3.8) is 0 Å². The van der Waals surface area contributed by atoms with E-state index in [-0.39, 0.29) is 5.41 Å². The van der Waals surface area contributed by atoms with Crippen LogP contribution in [0.4, 0.5) is 34.1 Å². The van der Waals surface area contributed by atoms with E-state index in [9.17, 15) is 0 Å². The van der Waals surface area contributed by atoms with Gasteiger partial charge in [-0.2, -0.15) is 0 Å². The van der Waals surface area contributed by atoms with Crippen molar-refractivity contribution in [3.05, 3.63) is 166 Å². The topological polar surface area (TPSA) is 6.48 Å². The normalized spacial score (nSPS) is 13.8. The van der Waals surface area contributed by atoms with Gasteiger partial charge in [-0.05, 0) is 161 Å². The van der Waals surface area contributed by atoms with E-state index in [0.717, 1.165) is 12.8 Å². The smallest absolute Gasteiger partial charge is 0.0543 e. The molecule has 0 heterocycles. The lowest BCUT2D eigenvalue weighted by Gasteiger charge is -2.37. The van der Waals surface area contributed by atoms with Gasteiger partial charge in [0, 0.05) is 38.9 Å². The zero-order valence-corrected chi connectivity index (χ0v) is 36.2. The Kier molecular flexibility index (Phi) is 9.39. The zero-order valence-electron chi connectivity index (χ0n) is 36.2. The van der Waals surface area contributed by atoms with Crippen LogP contribution >= 0.6 is 0 Å². The van der Waals surface area contributed by atoms with Crippen LogP contribution in [0, 0.1) is 13.8 Å². The molecule has 0 saturated heterocycles. The van der Waals surface area contributed by atoms with E-state index in [1.807, 2.05) is 0 Å². The Morgan fingerprint density at radius 3 is 1.36 bits per heavy atom. The van der Waals surface area contributed by atoms with Crippen LogP contribution in [0.15, 0.2) is 127 Å². The molecule has 292 valence electrons. The molecule has 0 N–H and O–H groups in total. The first kappa shape index (κ1) is 37.9. The summed E-state index contributed by atoms with van der Waals surface area (Å²) in [5.41, 5.74) is 16.8. The van der Waals surface area contributed by atoms with Crippen molar-refractivity contribution in [2.45, 2.75) is 105 Å². The second-order valence-corrected chi connectivity index (χ2v) is 18.7. The van der Waals surface area contributed by atoms with Crippen molar-refractivity contribution < 1.29 is 0 Å². The Hall–Kier alpha value is -5.60. The second-order valence-electron chi connectivity index (χ2n) is 18.7. The molecule has 58 heavy (non-hydrogen) atoms. The Morgan fingerprint density at radius 1 is 0.448 bits per heavy atom. The summed E-state index contributed by atoms with van der Waals surface area (Å²) in [6.07, 6.45) is 2.16. The molecule has 0 amide bonds. The first-order chi connectivity index (χ1) is 27.8. The second kappa shape index (κ2) is 14.3. The van der Waals surface area contributed by atoms with Gasteiger partial charge in [0.1, 0.15) is 0 Å². The largest absolute Gasteiger partial charge is 0.310 e. The third kappa shape index (κ3) is 6.33. The Morgan fingerprint density at radius 2 is 0.897 bits per heavy atom. The molecule has 8 aromatic carbocycles. The van der Waals surface area contributed by atoms with Crippen LogP contribution in [0.25, 0.3) is 32.3 Å². The van der Waals surface area contributed by atoms with Crippen molar-refractivity contribution in [1.29, 1.82) is 0 Å². The molecule has 8 aromatic rings. The lowest BCUT2D eigenvalue weighted by atomic mass is 9.70. The molecule has 0 fully saturated rings. The van der Waals surface area contributed by atoms with Gasteiger partial charge in [0.05, 0.1) is 11.4 Å². The quantitative estimate of drug-likeness (QED) is 0.135. The van der Waals surface area contributed by atoms with Gasteiger partial charge in [0.15, 0.2) is 0 Å². The molecular weight excluding hydrogens is 701 g/mol. The third-order valence-electron chi connectivity index (χ3n) is 13.1. The average molecular weight is 759 g/mol. The van der Waals surface area contributed by atoms with Crippen LogP contribution in [0.3, 0.4) is 0 Å². The molecule has 1 aliphatic carbocycles. The summed E-state index contributed by atoms with van der Waals surface area (Å²) in [6, 6.07) is 49.3. The lowest BCUT2D eigenvalue weighted by molar-refractivity contribution is 0.475.